The predicted molar refractivity (Wildman–Crippen MR) is 22.6 cm³/mol. The quantitative estimate of drug-likeness (QED) is 0.286. The summed E-state index contributed by atoms with van der Waals surface area (Å²) in [5.41, 5.74) is 0. The molecule has 0 radical (unpaired) electrons. The molecule has 0 saturated heterocycles. The summed E-state index contributed by atoms with van der Waals surface area (Å²) >= 11 is 0. The standard InChI is InChI=1S/CH5BOS/c1-4(2)3/h2,4H,1H3. The van der Waals surface area contributed by atoms with Crippen LogP contribution in [0.4, 0.5) is 0 Å². The molecule has 3 heteroatoms. The van der Waals surface area contributed by atoms with Crippen molar-refractivity contribution in [3.8, 4) is 0 Å². The predicted octanol–water partition coefficient (Wildman–Crippen LogP) is -1.09. The Kier molecular flexibility index (Phi) is 1.61. The summed E-state index contributed by atoms with van der Waals surface area (Å²) in [6.45, 7) is 3.15. The van der Waals surface area contributed by atoms with E-state index in [-0.39, 0.29) is 0 Å². The molecule has 0 saturated carbocycles. The van der Waals surface area contributed by atoms with Gasteiger partial charge in [0.1, 0.15) is 0 Å². The molecule has 1 atom stereocenters. The summed E-state index contributed by atoms with van der Waals surface area (Å²) in [5.74, 6) is 0. The van der Waals surface area contributed by atoms with Crippen LogP contribution in [0.1, 0.15) is 0 Å². The van der Waals surface area contributed by atoms with Gasteiger partial charge in [0.15, 0.2) is 0 Å². The van der Waals surface area contributed by atoms with E-state index in [0.717, 1.165) is 0 Å². The van der Waals surface area contributed by atoms with Gasteiger partial charge in [0.2, 0.25) is 0 Å². The zero-order chi connectivity index (χ0) is 3.58. The van der Waals surface area contributed by atoms with Crippen LogP contribution >= 0.6 is 0 Å². The monoisotopic (exact) mass is 76.0 g/mol. The molecule has 0 amide bonds. The molecule has 1 nitrogen and oxygen atoms in total. The summed E-state index contributed by atoms with van der Waals surface area (Å²) < 4.78 is 9.48. The number of rotatable bonds is 0. The Morgan fingerprint density at radius 3 is 2.00 bits per heavy atom. The Bertz CT molecular complexity index is 56.4. The first-order valence-corrected chi connectivity index (χ1v) is 2.84. The molecule has 0 aliphatic rings. The number of hydrogen-bond donors (Lipinski definition) is 1. The second kappa shape index (κ2) is 1.53. The molecule has 0 heterocycles. The van der Waals surface area contributed by atoms with Crippen molar-refractivity contribution in [2.75, 3.05) is 6.26 Å². The topological polar surface area (TPSA) is 17.1 Å². The molecule has 0 aromatic heterocycles. The van der Waals surface area contributed by atoms with E-state index in [4.69, 9.17) is 0 Å². The van der Waals surface area contributed by atoms with Crippen LogP contribution < -0.4 is 0 Å². The van der Waals surface area contributed by atoms with Crippen LogP contribution in [0.3, 0.4) is 0 Å². The van der Waals surface area contributed by atoms with Crippen molar-refractivity contribution in [1.29, 1.82) is 0 Å². The fourth-order valence-corrected chi connectivity index (χ4v) is 0. The molecular formula is CH5BOS. The Labute approximate surface area is 28.3 Å². The molecule has 24 valence electrons. The normalized spacial score (nSPS) is 15.0. The number of hydrogen-bond acceptors (Lipinski definition) is 1. The van der Waals surface area contributed by atoms with Gasteiger partial charge in [-0.25, -0.2) is 0 Å². The maximum atomic E-state index is 9.48. The van der Waals surface area contributed by atoms with Crippen molar-refractivity contribution < 1.29 is 4.21 Å². The van der Waals surface area contributed by atoms with Gasteiger partial charge >= 0.3 is 27.4 Å². The molecule has 0 bridgehead atoms. The van der Waals surface area contributed by atoms with Crippen LogP contribution in [-0.4, -0.2) is 17.2 Å². The van der Waals surface area contributed by atoms with Crippen LogP contribution in [0.15, 0.2) is 0 Å². The van der Waals surface area contributed by atoms with E-state index in [0.29, 0.717) is 0 Å². The van der Waals surface area contributed by atoms with E-state index in [1.54, 1.807) is 6.26 Å². The fourth-order valence-electron chi connectivity index (χ4n) is 0. The van der Waals surface area contributed by atoms with Crippen LogP contribution in [0.5, 0.6) is 0 Å². The van der Waals surface area contributed by atoms with Crippen molar-refractivity contribution in [2.24, 2.45) is 0 Å². The molecule has 0 rings (SSSR count). The van der Waals surface area contributed by atoms with E-state index >= 15 is 0 Å². The Balaban J connectivity index is 3.51. The van der Waals surface area contributed by atoms with Gasteiger partial charge in [-0.2, -0.15) is 0 Å². The van der Waals surface area contributed by atoms with Crippen molar-refractivity contribution in [1.82, 2.24) is 0 Å². The summed E-state index contributed by atoms with van der Waals surface area (Å²) in [7, 11) is -1.12. The molecule has 0 spiro atoms. The van der Waals surface area contributed by atoms with Gasteiger partial charge < -0.3 is 0 Å². The molecule has 0 aliphatic heterocycles. The third kappa shape index (κ3) is 70.8. The minimum atomic E-state index is -1.12. The third-order valence-electron chi connectivity index (χ3n) is 0. The first-order chi connectivity index (χ1) is 1.73. The van der Waals surface area contributed by atoms with Gasteiger partial charge in [-0.3, -0.25) is 0 Å². The average Bonchev–Trinajstić information content (AvgIpc) is 0.811. The molecule has 4 heavy (non-hydrogen) atoms. The Morgan fingerprint density at radius 1 is 2.00 bits per heavy atom. The number of thiol groups is 1. The third-order valence-corrected chi connectivity index (χ3v) is 0. The van der Waals surface area contributed by atoms with Gasteiger partial charge in [0.25, 0.3) is 0 Å². The molecular weight excluding hydrogens is 70.9 g/mol. The molecule has 0 N–H and O–H groups in total. The van der Waals surface area contributed by atoms with E-state index in [1.807, 2.05) is 0 Å². The second-order valence-corrected chi connectivity index (χ2v) is 1.88. The SMILES string of the molecule is B=[SH](C)=O. The summed E-state index contributed by atoms with van der Waals surface area (Å²) in [6.07, 6.45) is 1.56. The zero-order valence-electron chi connectivity index (χ0n) is 2.56. The first-order valence-electron chi connectivity index (χ1n) is 0.946. The average molecular weight is 75.9 g/mol. The van der Waals surface area contributed by atoms with E-state index in [9.17, 15) is 4.21 Å². The van der Waals surface area contributed by atoms with Crippen molar-refractivity contribution in [3.63, 3.8) is 0 Å². The van der Waals surface area contributed by atoms with E-state index in [2.05, 4.69) is 6.72 Å². The second-order valence-electron chi connectivity index (χ2n) is 0.628. The summed E-state index contributed by atoms with van der Waals surface area (Å²) in [4.78, 5) is 0. The van der Waals surface area contributed by atoms with Crippen LogP contribution in [-0.2, 0) is 10.2 Å². The minimum absolute atomic E-state index is 1.12. The van der Waals surface area contributed by atoms with Crippen molar-refractivity contribution >= 4 is 16.9 Å². The van der Waals surface area contributed by atoms with E-state index in [1.165, 1.54) is 0 Å². The molecule has 1 unspecified atom stereocenters. The molecule has 0 fully saturated rings. The molecule has 0 aliphatic carbocycles. The zero-order valence-corrected chi connectivity index (χ0v) is 3.46. The van der Waals surface area contributed by atoms with Gasteiger partial charge in [-0.05, 0) is 0 Å². The van der Waals surface area contributed by atoms with Gasteiger partial charge in [-0.15, -0.1) is 0 Å². The Hall–Kier alpha value is 0.215. The molecule has 0 aromatic rings. The maximum absolute atomic E-state index is 9.48. The van der Waals surface area contributed by atoms with Gasteiger partial charge in [-0.1, -0.05) is 0 Å². The fraction of sp³-hybridized carbons (Fsp3) is 1.00. The molecule has 0 aromatic carbocycles. The summed E-state index contributed by atoms with van der Waals surface area (Å²) in [6, 6.07) is 0. The van der Waals surface area contributed by atoms with Crippen molar-refractivity contribution in [2.45, 2.75) is 0 Å². The van der Waals surface area contributed by atoms with Crippen LogP contribution in [0.25, 0.3) is 0 Å². The van der Waals surface area contributed by atoms with E-state index < -0.39 is 10.2 Å². The summed E-state index contributed by atoms with van der Waals surface area (Å²) in [5, 5.41) is 0. The van der Waals surface area contributed by atoms with Crippen LogP contribution in [0.2, 0.25) is 0 Å². The van der Waals surface area contributed by atoms with Gasteiger partial charge in [0, 0.05) is 0 Å². The Morgan fingerprint density at radius 2 is 2.00 bits per heavy atom. The first kappa shape index (κ1) is 4.21. The van der Waals surface area contributed by atoms with Crippen molar-refractivity contribution in [3.05, 3.63) is 0 Å². The van der Waals surface area contributed by atoms with Gasteiger partial charge in [0.05, 0.1) is 0 Å². The van der Waals surface area contributed by atoms with Crippen LogP contribution in [0, 0.1) is 0 Å².